The number of carbonyl (C=O) groups excluding carboxylic acids is 3. The van der Waals surface area contributed by atoms with E-state index in [1.165, 1.54) is 17.0 Å². The number of amides is 3. The number of ether oxygens (including phenoxy) is 1. The van der Waals surface area contributed by atoms with Crippen LogP contribution < -0.4 is 16.0 Å². The van der Waals surface area contributed by atoms with Crippen molar-refractivity contribution in [2.75, 3.05) is 36.5 Å². The second-order valence-corrected chi connectivity index (χ2v) is 9.37. The van der Waals surface area contributed by atoms with Crippen LogP contribution in [0.25, 0.3) is 0 Å². The Kier molecular flexibility index (Phi) is 6.96. The molecule has 170 valence electrons. The zero-order valence-electron chi connectivity index (χ0n) is 18.3. The van der Waals surface area contributed by atoms with Gasteiger partial charge in [-0.3, -0.25) is 19.3 Å². The van der Waals surface area contributed by atoms with E-state index in [-0.39, 0.29) is 29.7 Å². The van der Waals surface area contributed by atoms with E-state index in [9.17, 15) is 18.8 Å². The summed E-state index contributed by atoms with van der Waals surface area (Å²) in [5.41, 5.74) is 5.78. The molecule has 31 heavy (non-hydrogen) atoms. The van der Waals surface area contributed by atoms with Crippen molar-refractivity contribution in [1.82, 2.24) is 4.90 Å². The summed E-state index contributed by atoms with van der Waals surface area (Å²) in [6.45, 7) is 7.25. The summed E-state index contributed by atoms with van der Waals surface area (Å²) in [5, 5.41) is 2.52. The van der Waals surface area contributed by atoms with E-state index in [0.717, 1.165) is 19.3 Å². The molecule has 1 aromatic rings. The zero-order chi connectivity index (χ0) is 22.8. The van der Waals surface area contributed by atoms with E-state index in [0.29, 0.717) is 25.4 Å². The van der Waals surface area contributed by atoms with Crippen LogP contribution in [0.2, 0.25) is 0 Å². The summed E-state index contributed by atoms with van der Waals surface area (Å²) in [5.74, 6) is -2.36. The maximum atomic E-state index is 14.8. The standard InChI is InChI=1S/C22H31FN4O4/c1-22(2,3)13-27(14-5-4-6-14)19(20(24)29)21(30)25-17-8-7-15(11-16(17)23)26-9-10-31-12-18(26)28/h7-8,11,14,19H,4-6,9-10,12-13H2,1-3H3,(H2,24,29)(H,25,30)/t19-/m1/s1. The fourth-order valence-electron chi connectivity index (χ4n) is 3.91. The molecule has 9 heteroatoms. The first-order valence-electron chi connectivity index (χ1n) is 10.6. The number of benzene rings is 1. The number of nitrogens with one attached hydrogen (secondary N) is 1. The van der Waals surface area contributed by atoms with Gasteiger partial charge in [0.1, 0.15) is 12.4 Å². The smallest absolute Gasteiger partial charge is 0.253 e. The van der Waals surface area contributed by atoms with Crippen LogP contribution in [0.15, 0.2) is 18.2 Å². The van der Waals surface area contributed by atoms with Crippen molar-refractivity contribution in [3.63, 3.8) is 0 Å². The summed E-state index contributed by atoms with van der Waals surface area (Å²) < 4.78 is 19.8. The highest BCUT2D eigenvalue weighted by Gasteiger charge is 2.40. The Morgan fingerprint density at radius 2 is 2.06 bits per heavy atom. The van der Waals surface area contributed by atoms with Gasteiger partial charge in [-0.25, -0.2) is 4.39 Å². The van der Waals surface area contributed by atoms with Gasteiger partial charge in [-0.1, -0.05) is 27.2 Å². The quantitative estimate of drug-likeness (QED) is 0.638. The average Bonchev–Trinajstić information content (AvgIpc) is 2.61. The number of carbonyl (C=O) groups is 3. The van der Waals surface area contributed by atoms with Crippen LogP contribution >= 0.6 is 0 Å². The topological polar surface area (TPSA) is 105 Å². The largest absolute Gasteiger partial charge is 0.370 e. The van der Waals surface area contributed by atoms with E-state index < -0.39 is 23.7 Å². The van der Waals surface area contributed by atoms with Crippen molar-refractivity contribution >= 4 is 29.1 Å². The Balaban J connectivity index is 1.78. The molecule has 3 rings (SSSR count). The molecule has 0 bridgehead atoms. The zero-order valence-corrected chi connectivity index (χ0v) is 18.3. The van der Waals surface area contributed by atoms with Crippen LogP contribution in [0, 0.1) is 11.2 Å². The predicted molar refractivity (Wildman–Crippen MR) is 115 cm³/mol. The Morgan fingerprint density at radius 3 is 2.58 bits per heavy atom. The third kappa shape index (κ3) is 5.59. The molecule has 2 aliphatic rings. The third-order valence-corrected chi connectivity index (χ3v) is 5.56. The van der Waals surface area contributed by atoms with E-state index >= 15 is 0 Å². The highest BCUT2D eigenvalue weighted by Crippen LogP contribution is 2.31. The second kappa shape index (κ2) is 9.32. The van der Waals surface area contributed by atoms with Gasteiger partial charge in [0, 0.05) is 24.8 Å². The molecule has 1 atom stereocenters. The summed E-state index contributed by atoms with van der Waals surface area (Å²) >= 11 is 0. The maximum Gasteiger partial charge on any atom is 0.253 e. The Morgan fingerprint density at radius 1 is 1.35 bits per heavy atom. The second-order valence-electron chi connectivity index (χ2n) is 9.37. The molecule has 2 fully saturated rings. The number of halogens is 1. The number of rotatable bonds is 7. The van der Waals surface area contributed by atoms with Gasteiger partial charge in [0.15, 0.2) is 6.04 Å². The molecule has 0 aromatic heterocycles. The molecule has 0 spiro atoms. The summed E-state index contributed by atoms with van der Waals surface area (Å²) in [4.78, 5) is 40.5. The minimum Gasteiger partial charge on any atom is -0.370 e. The fourth-order valence-corrected chi connectivity index (χ4v) is 3.91. The molecule has 1 saturated carbocycles. The van der Waals surface area contributed by atoms with E-state index in [4.69, 9.17) is 10.5 Å². The Labute approximate surface area is 181 Å². The van der Waals surface area contributed by atoms with Gasteiger partial charge in [0.05, 0.1) is 12.3 Å². The van der Waals surface area contributed by atoms with E-state index in [1.807, 2.05) is 25.7 Å². The third-order valence-electron chi connectivity index (χ3n) is 5.56. The highest BCUT2D eigenvalue weighted by molar-refractivity contribution is 6.09. The van der Waals surface area contributed by atoms with Crippen molar-refractivity contribution in [3.8, 4) is 0 Å². The number of nitrogens with two attached hydrogens (primary N) is 1. The predicted octanol–water partition coefficient (Wildman–Crippen LogP) is 1.88. The van der Waals surface area contributed by atoms with Crippen LogP contribution in [0.3, 0.4) is 0 Å². The fraction of sp³-hybridized carbons (Fsp3) is 0.591. The normalized spacial score (nSPS) is 18.6. The molecule has 1 heterocycles. The van der Waals surface area contributed by atoms with Crippen LogP contribution in [-0.2, 0) is 19.1 Å². The van der Waals surface area contributed by atoms with Gasteiger partial charge in [-0.05, 0) is 36.5 Å². The lowest BCUT2D eigenvalue weighted by molar-refractivity contribution is -0.135. The number of hydrogen-bond acceptors (Lipinski definition) is 5. The summed E-state index contributed by atoms with van der Waals surface area (Å²) in [7, 11) is 0. The lowest BCUT2D eigenvalue weighted by Gasteiger charge is -2.43. The molecule has 0 unspecified atom stereocenters. The molecule has 1 saturated heterocycles. The van der Waals surface area contributed by atoms with Crippen LogP contribution in [-0.4, -0.2) is 61.0 Å². The number of morpholine rings is 1. The van der Waals surface area contributed by atoms with Crippen molar-refractivity contribution in [2.45, 2.75) is 52.1 Å². The van der Waals surface area contributed by atoms with Gasteiger partial charge in [-0.15, -0.1) is 0 Å². The minimum atomic E-state index is -1.19. The molecule has 1 aliphatic carbocycles. The van der Waals surface area contributed by atoms with Gasteiger partial charge >= 0.3 is 0 Å². The van der Waals surface area contributed by atoms with Crippen molar-refractivity contribution in [2.24, 2.45) is 11.1 Å². The molecule has 1 aliphatic heterocycles. The molecule has 8 nitrogen and oxygen atoms in total. The first-order chi connectivity index (χ1) is 14.6. The lowest BCUT2D eigenvalue weighted by Crippen LogP contribution is -2.59. The molecule has 0 radical (unpaired) electrons. The van der Waals surface area contributed by atoms with Crippen LogP contribution in [0.1, 0.15) is 40.0 Å². The van der Waals surface area contributed by atoms with Crippen LogP contribution in [0.4, 0.5) is 15.8 Å². The van der Waals surface area contributed by atoms with Crippen molar-refractivity contribution in [1.29, 1.82) is 0 Å². The van der Waals surface area contributed by atoms with Crippen LogP contribution in [0.5, 0.6) is 0 Å². The maximum absolute atomic E-state index is 14.8. The van der Waals surface area contributed by atoms with Gasteiger partial charge in [-0.2, -0.15) is 0 Å². The van der Waals surface area contributed by atoms with Gasteiger partial charge < -0.3 is 20.7 Å². The first-order valence-corrected chi connectivity index (χ1v) is 10.6. The molecule has 3 amide bonds. The molecular formula is C22H31FN4O4. The summed E-state index contributed by atoms with van der Waals surface area (Å²) in [6.07, 6.45) is 2.82. The number of nitrogens with zero attached hydrogens (tertiary/aromatic N) is 2. The lowest BCUT2D eigenvalue weighted by atomic mass is 9.86. The molecule has 3 N–H and O–H groups in total. The van der Waals surface area contributed by atoms with Crippen molar-refractivity contribution < 1.29 is 23.5 Å². The highest BCUT2D eigenvalue weighted by atomic mass is 19.1. The summed E-state index contributed by atoms with van der Waals surface area (Å²) in [6, 6.07) is 3.05. The number of hydrogen-bond donors (Lipinski definition) is 2. The average molecular weight is 435 g/mol. The van der Waals surface area contributed by atoms with Crippen molar-refractivity contribution in [3.05, 3.63) is 24.0 Å². The monoisotopic (exact) mass is 434 g/mol. The Hall–Kier alpha value is -2.52. The number of anilines is 2. The first kappa shape index (κ1) is 23.1. The van der Waals surface area contributed by atoms with E-state index in [2.05, 4.69) is 5.32 Å². The van der Waals surface area contributed by atoms with Gasteiger partial charge in [0.25, 0.3) is 11.8 Å². The van der Waals surface area contributed by atoms with Gasteiger partial charge in [0.2, 0.25) is 5.91 Å². The Bertz CT molecular complexity index is 850. The number of primary amides is 1. The SMILES string of the molecule is CC(C)(C)CN(C1CCC1)[C@H](C(N)=O)C(=O)Nc1ccc(N2CCOCC2=O)cc1F. The molecular weight excluding hydrogens is 403 g/mol. The van der Waals surface area contributed by atoms with E-state index in [1.54, 1.807) is 6.07 Å². The molecule has 1 aromatic carbocycles. The minimum absolute atomic E-state index is 0.0504.